The van der Waals surface area contributed by atoms with Gasteiger partial charge < -0.3 is 19.3 Å². The maximum Gasteiger partial charge on any atom is 0.345 e. The van der Waals surface area contributed by atoms with E-state index in [1.54, 1.807) is 44.4 Å². The molecule has 0 aromatic carbocycles. The third-order valence-corrected chi connectivity index (χ3v) is 7.90. The molecule has 29 heavy (non-hydrogen) atoms. The van der Waals surface area contributed by atoms with Crippen LogP contribution in [0.1, 0.15) is 60.3 Å². The Morgan fingerprint density at radius 1 is 1.17 bits per heavy atom. The van der Waals surface area contributed by atoms with Crippen molar-refractivity contribution < 1.29 is 23.7 Å². The first-order valence-electron chi connectivity index (χ1n) is 10.8. The van der Waals surface area contributed by atoms with Gasteiger partial charge in [-0.2, -0.15) is 0 Å². The van der Waals surface area contributed by atoms with Gasteiger partial charge in [-0.3, -0.25) is 9.36 Å². The van der Waals surface area contributed by atoms with E-state index in [1.165, 1.54) is 0 Å². The molecule has 1 rings (SSSR count). The van der Waals surface area contributed by atoms with Crippen LogP contribution in [-0.4, -0.2) is 89.9 Å². The van der Waals surface area contributed by atoms with E-state index in [-0.39, 0.29) is 18.6 Å². The lowest BCUT2D eigenvalue weighted by Crippen LogP contribution is -2.55. The summed E-state index contributed by atoms with van der Waals surface area (Å²) in [6.07, 6.45) is 3.54. The average Bonchev–Trinajstić information content (AvgIpc) is 2.66. The summed E-state index contributed by atoms with van der Waals surface area (Å²) in [4.78, 5) is 14.6. The van der Waals surface area contributed by atoms with Crippen LogP contribution >= 0.6 is 7.67 Å². The molecule has 1 amide bonds. The second-order valence-electron chi connectivity index (χ2n) is 8.67. The van der Waals surface area contributed by atoms with Crippen LogP contribution in [0.3, 0.4) is 0 Å². The minimum absolute atomic E-state index is 0.0813. The molecule has 0 bridgehead atoms. The smallest absolute Gasteiger partial charge is 0.345 e. The average molecular weight is 436 g/mol. The fraction of sp³-hybridized carbons (Fsp3) is 0.950. The van der Waals surface area contributed by atoms with Gasteiger partial charge in [-0.15, -0.1) is 0 Å². The molecular weight excluding hydrogens is 393 g/mol. The number of hydrogen-bond donors (Lipinski definition) is 1. The molecule has 1 saturated heterocycles. The van der Waals surface area contributed by atoms with Gasteiger partial charge in [0, 0.05) is 26.2 Å². The molecule has 1 aliphatic heterocycles. The molecule has 0 aromatic heterocycles. The first kappa shape index (κ1) is 26.5. The normalized spacial score (nSPS) is 20.5. The van der Waals surface area contributed by atoms with Crippen molar-refractivity contribution in [2.75, 3.05) is 46.9 Å². The summed E-state index contributed by atoms with van der Waals surface area (Å²) in [5.41, 5.74) is -1.01. The van der Waals surface area contributed by atoms with Gasteiger partial charge in [0.2, 0.25) is 0 Å². The highest BCUT2D eigenvalue weighted by Crippen LogP contribution is 2.54. The lowest BCUT2D eigenvalue weighted by Gasteiger charge is -2.42. The molecule has 0 aliphatic carbocycles. The molecule has 3 atom stereocenters. The van der Waals surface area contributed by atoms with Gasteiger partial charge in [-0.25, -0.2) is 9.34 Å². The van der Waals surface area contributed by atoms with Crippen molar-refractivity contribution in [3.05, 3.63) is 0 Å². The third-order valence-electron chi connectivity index (χ3n) is 5.14. The van der Waals surface area contributed by atoms with Crippen molar-refractivity contribution in [3.63, 3.8) is 0 Å². The molecular formula is C20H42N3O5P. The van der Waals surface area contributed by atoms with Gasteiger partial charge in [0.25, 0.3) is 5.91 Å². The Bertz CT molecular complexity index is 548. The summed E-state index contributed by atoms with van der Waals surface area (Å²) >= 11 is 0. The van der Waals surface area contributed by atoms with E-state index in [9.17, 15) is 14.5 Å². The molecule has 1 heterocycles. The van der Waals surface area contributed by atoms with Gasteiger partial charge in [-0.05, 0) is 48.2 Å². The summed E-state index contributed by atoms with van der Waals surface area (Å²) in [6, 6.07) is 0. The Balaban J connectivity index is 2.69. The maximum absolute atomic E-state index is 13.6. The van der Waals surface area contributed by atoms with Crippen LogP contribution in [0.5, 0.6) is 0 Å². The minimum Gasteiger partial charge on any atom is -0.391 e. The number of piperazine rings is 1. The maximum atomic E-state index is 13.6. The Hall–Kier alpha value is -0.500. The second-order valence-corrected chi connectivity index (χ2v) is 11.2. The summed E-state index contributed by atoms with van der Waals surface area (Å²) in [5.74, 6) is -0.119. The van der Waals surface area contributed by atoms with Gasteiger partial charge in [0.15, 0.2) is 0 Å². The number of carbonyl (C=O) groups is 1. The number of amides is 1. The van der Waals surface area contributed by atoms with Crippen LogP contribution in [0.15, 0.2) is 0 Å². The zero-order chi connectivity index (χ0) is 22.2. The summed E-state index contributed by atoms with van der Waals surface area (Å²) in [5, 5.41) is 9.42. The molecule has 1 fully saturated rings. The van der Waals surface area contributed by atoms with Crippen LogP contribution in [0.2, 0.25) is 0 Å². The first-order chi connectivity index (χ1) is 13.4. The van der Waals surface area contributed by atoms with E-state index in [4.69, 9.17) is 9.26 Å². The molecule has 1 aliphatic rings. The molecule has 3 unspecified atom stereocenters. The number of nitrogens with zero attached hydrogens (tertiary/aromatic N) is 3. The largest absolute Gasteiger partial charge is 0.391 e. The van der Waals surface area contributed by atoms with Gasteiger partial charge >= 0.3 is 7.67 Å². The number of ether oxygens (including phenoxy) is 1. The van der Waals surface area contributed by atoms with E-state index in [0.29, 0.717) is 26.2 Å². The van der Waals surface area contributed by atoms with Crippen molar-refractivity contribution in [1.29, 1.82) is 0 Å². The van der Waals surface area contributed by atoms with E-state index < -0.39 is 19.4 Å². The Kier molecular flexibility index (Phi) is 10.8. The molecule has 1 N–H and O–H groups in total. The fourth-order valence-corrected chi connectivity index (χ4v) is 5.39. The zero-order valence-electron chi connectivity index (χ0n) is 19.4. The van der Waals surface area contributed by atoms with Crippen molar-refractivity contribution in [3.8, 4) is 0 Å². The topological polar surface area (TPSA) is 82.6 Å². The van der Waals surface area contributed by atoms with E-state index in [0.717, 1.165) is 25.7 Å². The van der Waals surface area contributed by atoms with Crippen molar-refractivity contribution in [1.82, 2.24) is 14.2 Å². The van der Waals surface area contributed by atoms with Crippen LogP contribution in [0.25, 0.3) is 0 Å². The molecule has 0 aromatic rings. The molecule has 0 spiro atoms. The highest BCUT2D eigenvalue weighted by molar-refractivity contribution is 7.53. The number of unbranched alkanes of at least 4 members (excludes halogenated alkanes) is 2. The van der Waals surface area contributed by atoms with Crippen molar-refractivity contribution in [2.24, 2.45) is 0 Å². The third kappa shape index (κ3) is 7.93. The second kappa shape index (κ2) is 11.8. The minimum atomic E-state index is -3.13. The predicted molar refractivity (Wildman–Crippen MR) is 116 cm³/mol. The number of aliphatic hydroxyl groups excluding tert-OH is 1. The fourth-order valence-electron chi connectivity index (χ4n) is 3.31. The lowest BCUT2D eigenvalue weighted by molar-refractivity contribution is -0.158. The highest BCUT2D eigenvalue weighted by atomic mass is 31.2. The number of rotatable bonds is 12. The Morgan fingerprint density at radius 2 is 1.76 bits per heavy atom. The summed E-state index contributed by atoms with van der Waals surface area (Å²) < 4.78 is 28.8. The summed E-state index contributed by atoms with van der Waals surface area (Å²) in [6.45, 7) is 11.2. The number of carbonyl (C=O) groups excluding carboxylic acids is 1. The monoisotopic (exact) mass is 435 g/mol. The molecule has 8 nitrogen and oxygen atoms in total. The van der Waals surface area contributed by atoms with E-state index in [2.05, 4.69) is 6.92 Å². The summed E-state index contributed by atoms with van der Waals surface area (Å²) in [7, 11) is 0.433. The SMILES string of the molecule is CCCCCC(C)OP(=O)(N(C)C)N1CCN(C(=O)C(C)(C)OCC(C)O)CC1. The van der Waals surface area contributed by atoms with Crippen molar-refractivity contribution >= 4 is 13.6 Å². The van der Waals surface area contributed by atoms with Crippen molar-refractivity contribution in [2.45, 2.75) is 78.1 Å². The van der Waals surface area contributed by atoms with E-state index in [1.807, 2.05) is 11.6 Å². The van der Waals surface area contributed by atoms with Crippen LogP contribution in [0.4, 0.5) is 0 Å². The van der Waals surface area contributed by atoms with Gasteiger partial charge in [-0.1, -0.05) is 26.2 Å². The molecule has 0 radical (unpaired) electrons. The Labute approximate surface area is 177 Å². The first-order valence-corrected chi connectivity index (χ1v) is 12.3. The number of aliphatic hydroxyl groups is 1. The molecule has 9 heteroatoms. The zero-order valence-corrected chi connectivity index (χ0v) is 20.3. The number of hydrogen-bond acceptors (Lipinski definition) is 5. The van der Waals surface area contributed by atoms with Gasteiger partial charge in [0.1, 0.15) is 5.60 Å². The quantitative estimate of drug-likeness (QED) is 0.373. The molecule has 172 valence electrons. The standard InChI is InChI=1S/C20H42N3O5P/c1-8-9-10-11-18(3)28-29(26,21(6)7)23-14-12-22(13-15-23)19(25)20(4,5)27-16-17(2)24/h17-18,24H,8-16H2,1-7H3. The van der Waals surface area contributed by atoms with Crippen LogP contribution < -0.4 is 0 Å². The Morgan fingerprint density at radius 3 is 2.24 bits per heavy atom. The molecule has 0 saturated carbocycles. The van der Waals surface area contributed by atoms with Crippen LogP contribution in [-0.2, 0) is 18.6 Å². The predicted octanol–water partition coefficient (Wildman–Crippen LogP) is 2.96. The van der Waals surface area contributed by atoms with Crippen LogP contribution in [0, 0.1) is 0 Å². The van der Waals surface area contributed by atoms with E-state index >= 15 is 0 Å². The van der Waals surface area contributed by atoms with Gasteiger partial charge in [0.05, 0.1) is 18.8 Å². The highest BCUT2D eigenvalue weighted by Gasteiger charge is 2.41. The lowest BCUT2D eigenvalue weighted by atomic mass is 10.1.